The molecule has 0 spiro atoms. The fourth-order valence-electron chi connectivity index (χ4n) is 4.59. The largest absolute Gasteiger partial charge is 0.375 e. The van der Waals surface area contributed by atoms with Gasteiger partial charge >= 0.3 is 0 Å². The molecule has 1 unspecified atom stereocenters. The SMILES string of the molecule is COC1CCCc2c(NCc3ccccc3)nc(-n3c(C)cc4c(C#N)cccc43)nc21. The summed E-state index contributed by atoms with van der Waals surface area (Å²) in [5.74, 6) is 1.46. The highest BCUT2D eigenvalue weighted by Gasteiger charge is 2.27. The van der Waals surface area contributed by atoms with Crippen molar-refractivity contribution in [2.24, 2.45) is 0 Å². The van der Waals surface area contributed by atoms with Crippen molar-refractivity contribution < 1.29 is 4.74 Å². The van der Waals surface area contributed by atoms with Crippen LogP contribution < -0.4 is 5.32 Å². The number of fused-ring (bicyclic) bond motifs is 2. The Hall–Kier alpha value is -3.69. The minimum atomic E-state index is -0.0467. The number of aryl methyl sites for hydroxylation is 1. The second-order valence-corrected chi connectivity index (χ2v) is 8.16. The number of hydrogen-bond acceptors (Lipinski definition) is 5. The molecule has 1 aliphatic carbocycles. The average Bonchev–Trinajstić information content (AvgIpc) is 3.18. The molecule has 1 N–H and O–H groups in total. The van der Waals surface area contributed by atoms with Crippen molar-refractivity contribution in [2.75, 3.05) is 12.4 Å². The zero-order chi connectivity index (χ0) is 22.1. The van der Waals surface area contributed by atoms with Crippen LogP contribution in [-0.2, 0) is 17.7 Å². The predicted octanol–water partition coefficient (Wildman–Crippen LogP) is 5.24. The van der Waals surface area contributed by atoms with E-state index in [-0.39, 0.29) is 6.10 Å². The second kappa shape index (κ2) is 8.45. The van der Waals surface area contributed by atoms with Crippen LogP contribution in [0.1, 0.15) is 47.0 Å². The maximum atomic E-state index is 9.54. The zero-order valence-corrected chi connectivity index (χ0v) is 18.3. The summed E-state index contributed by atoms with van der Waals surface area (Å²) in [5.41, 5.74) is 5.86. The third kappa shape index (κ3) is 3.51. The lowest BCUT2D eigenvalue weighted by Gasteiger charge is -2.26. The van der Waals surface area contributed by atoms with Crippen LogP contribution in [0.5, 0.6) is 0 Å². The van der Waals surface area contributed by atoms with E-state index < -0.39 is 0 Å². The first-order valence-electron chi connectivity index (χ1n) is 10.9. The van der Waals surface area contributed by atoms with Gasteiger partial charge in [0.15, 0.2) is 0 Å². The van der Waals surface area contributed by atoms with E-state index in [2.05, 4.69) is 23.5 Å². The highest BCUT2D eigenvalue weighted by Crippen LogP contribution is 2.36. The summed E-state index contributed by atoms with van der Waals surface area (Å²) in [6.07, 6.45) is 2.87. The van der Waals surface area contributed by atoms with Gasteiger partial charge in [0.25, 0.3) is 0 Å². The van der Waals surface area contributed by atoms with Crippen molar-refractivity contribution in [3.8, 4) is 12.0 Å². The highest BCUT2D eigenvalue weighted by molar-refractivity contribution is 5.88. The fraction of sp³-hybridized carbons (Fsp3) is 0.269. The molecule has 5 rings (SSSR count). The first-order valence-corrected chi connectivity index (χ1v) is 10.9. The zero-order valence-electron chi connectivity index (χ0n) is 18.3. The van der Waals surface area contributed by atoms with Gasteiger partial charge in [-0.3, -0.25) is 4.57 Å². The van der Waals surface area contributed by atoms with Gasteiger partial charge in [-0.15, -0.1) is 0 Å². The number of nitriles is 1. The Morgan fingerprint density at radius 1 is 1.16 bits per heavy atom. The molecule has 0 radical (unpaired) electrons. The van der Waals surface area contributed by atoms with Gasteiger partial charge < -0.3 is 10.1 Å². The summed E-state index contributed by atoms with van der Waals surface area (Å²) in [6, 6.07) is 20.4. The van der Waals surface area contributed by atoms with Crippen molar-refractivity contribution >= 4 is 16.7 Å². The van der Waals surface area contributed by atoms with Crippen LogP contribution in [-0.4, -0.2) is 21.6 Å². The Kier molecular flexibility index (Phi) is 5.34. The molecule has 4 aromatic rings. The second-order valence-electron chi connectivity index (χ2n) is 8.16. The smallest absolute Gasteiger partial charge is 0.236 e. The first-order chi connectivity index (χ1) is 15.7. The van der Waals surface area contributed by atoms with E-state index in [1.165, 1.54) is 5.56 Å². The molecule has 0 bridgehead atoms. The number of benzene rings is 2. The van der Waals surface area contributed by atoms with Gasteiger partial charge in [0.1, 0.15) is 5.82 Å². The van der Waals surface area contributed by atoms with E-state index in [0.29, 0.717) is 18.1 Å². The van der Waals surface area contributed by atoms with Crippen LogP contribution in [0.2, 0.25) is 0 Å². The third-order valence-corrected chi connectivity index (χ3v) is 6.16. The summed E-state index contributed by atoms with van der Waals surface area (Å²) in [6.45, 7) is 2.71. The molecule has 2 heterocycles. The molecule has 0 amide bonds. The monoisotopic (exact) mass is 423 g/mol. The molecule has 0 saturated heterocycles. The van der Waals surface area contributed by atoms with Gasteiger partial charge in [-0.1, -0.05) is 36.4 Å². The van der Waals surface area contributed by atoms with Crippen molar-refractivity contribution in [2.45, 2.75) is 38.8 Å². The number of methoxy groups -OCH3 is 1. The maximum Gasteiger partial charge on any atom is 0.236 e. The lowest BCUT2D eigenvalue weighted by molar-refractivity contribution is 0.0842. The molecule has 0 aliphatic heterocycles. The van der Waals surface area contributed by atoms with Crippen molar-refractivity contribution in [3.63, 3.8) is 0 Å². The quantitative estimate of drug-likeness (QED) is 0.475. The molecule has 2 aromatic heterocycles. The van der Waals surface area contributed by atoms with Crippen LogP contribution in [0.4, 0.5) is 5.82 Å². The minimum absolute atomic E-state index is 0.0467. The van der Waals surface area contributed by atoms with E-state index in [1.54, 1.807) is 7.11 Å². The molecule has 0 saturated carbocycles. The molecular formula is C26H25N5O. The fourth-order valence-corrected chi connectivity index (χ4v) is 4.59. The first kappa shape index (κ1) is 20.2. The molecule has 6 heteroatoms. The molecule has 1 atom stereocenters. The van der Waals surface area contributed by atoms with E-state index in [4.69, 9.17) is 14.7 Å². The van der Waals surface area contributed by atoms with Crippen LogP contribution in [0, 0.1) is 18.3 Å². The third-order valence-electron chi connectivity index (χ3n) is 6.16. The van der Waals surface area contributed by atoms with Gasteiger partial charge in [-0.25, -0.2) is 4.98 Å². The molecule has 1 aliphatic rings. The number of nitrogens with one attached hydrogen (secondary N) is 1. The highest BCUT2D eigenvalue weighted by atomic mass is 16.5. The number of ether oxygens (including phenoxy) is 1. The van der Waals surface area contributed by atoms with Gasteiger partial charge in [0, 0.05) is 30.3 Å². The summed E-state index contributed by atoms with van der Waals surface area (Å²) < 4.78 is 7.82. The summed E-state index contributed by atoms with van der Waals surface area (Å²) in [5, 5.41) is 14.0. The Labute approximate surface area is 187 Å². The molecule has 2 aromatic carbocycles. The normalized spacial score (nSPS) is 15.3. The average molecular weight is 424 g/mol. The van der Waals surface area contributed by atoms with Crippen molar-refractivity contribution in [1.29, 1.82) is 5.26 Å². The molecule has 160 valence electrons. The topological polar surface area (TPSA) is 75.8 Å². The lowest BCUT2D eigenvalue weighted by Crippen LogP contribution is -2.20. The minimum Gasteiger partial charge on any atom is -0.375 e. The van der Waals surface area contributed by atoms with E-state index in [0.717, 1.165) is 52.9 Å². The number of hydrogen-bond donors (Lipinski definition) is 1. The van der Waals surface area contributed by atoms with Crippen molar-refractivity contribution in [1.82, 2.24) is 14.5 Å². The standard InChI is InChI=1S/C26H25N5O/c1-17-14-21-19(15-27)10-6-12-22(21)31(17)26-29-24-20(11-7-13-23(24)32-2)25(30-26)28-16-18-8-4-3-5-9-18/h3-6,8-10,12,14,23H,7,11,13,16H2,1-2H3,(H,28,29,30). The Balaban J connectivity index is 1.66. The van der Waals surface area contributed by atoms with Crippen LogP contribution in [0.15, 0.2) is 54.6 Å². The molecule has 6 nitrogen and oxygen atoms in total. The van der Waals surface area contributed by atoms with E-state index >= 15 is 0 Å². The van der Waals surface area contributed by atoms with E-state index in [1.807, 2.05) is 54.0 Å². The number of nitrogens with zero attached hydrogens (tertiary/aromatic N) is 4. The van der Waals surface area contributed by atoms with Crippen LogP contribution in [0.25, 0.3) is 16.9 Å². The maximum absolute atomic E-state index is 9.54. The van der Waals surface area contributed by atoms with Gasteiger partial charge in [-0.05, 0) is 49.9 Å². The summed E-state index contributed by atoms with van der Waals surface area (Å²) in [4.78, 5) is 9.98. The van der Waals surface area contributed by atoms with Gasteiger partial charge in [0.2, 0.25) is 5.95 Å². The van der Waals surface area contributed by atoms with Gasteiger partial charge in [-0.2, -0.15) is 10.2 Å². The predicted molar refractivity (Wildman–Crippen MR) is 125 cm³/mol. The molecular weight excluding hydrogens is 398 g/mol. The Morgan fingerprint density at radius 2 is 2.00 bits per heavy atom. The molecule has 0 fully saturated rings. The summed E-state index contributed by atoms with van der Waals surface area (Å²) >= 11 is 0. The van der Waals surface area contributed by atoms with Crippen LogP contribution >= 0.6 is 0 Å². The Bertz CT molecular complexity index is 1320. The van der Waals surface area contributed by atoms with Crippen molar-refractivity contribution in [3.05, 3.63) is 82.7 Å². The van der Waals surface area contributed by atoms with Gasteiger partial charge in [0.05, 0.1) is 28.9 Å². The number of anilines is 1. The Morgan fingerprint density at radius 3 is 2.78 bits per heavy atom. The number of aromatic nitrogens is 3. The molecule has 32 heavy (non-hydrogen) atoms. The van der Waals surface area contributed by atoms with Crippen LogP contribution in [0.3, 0.4) is 0 Å². The number of rotatable bonds is 5. The van der Waals surface area contributed by atoms with E-state index in [9.17, 15) is 5.26 Å². The summed E-state index contributed by atoms with van der Waals surface area (Å²) in [7, 11) is 1.74. The lowest BCUT2D eigenvalue weighted by atomic mass is 9.93.